The zero-order valence-corrected chi connectivity index (χ0v) is 14.8. The van der Waals surface area contributed by atoms with Crippen LogP contribution < -0.4 is 10.1 Å². The number of hydrogen-bond donors (Lipinski definition) is 1. The summed E-state index contributed by atoms with van der Waals surface area (Å²) < 4.78 is 6.46. The molecule has 1 amide bonds. The summed E-state index contributed by atoms with van der Waals surface area (Å²) >= 11 is 9.44. The zero-order chi connectivity index (χ0) is 15.6. The second kappa shape index (κ2) is 6.77. The highest BCUT2D eigenvalue weighted by Gasteiger charge is 2.38. The van der Waals surface area contributed by atoms with Gasteiger partial charge in [0.2, 0.25) is 0 Å². The molecule has 120 valence electrons. The molecule has 1 aromatic carbocycles. The molecular weight excluding hydrogens is 368 g/mol. The molecule has 4 nitrogen and oxygen atoms in total. The van der Waals surface area contributed by atoms with Crippen LogP contribution in [0.25, 0.3) is 0 Å². The fraction of sp³-hybridized carbons (Fsp3) is 0.562. The first-order valence-electron chi connectivity index (χ1n) is 7.64. The number of nitrogens with zero attached hydrogens (tertiary/aromatic N) is 1. The van der Waals surface area contributed by atoms with Gasteiger partial charge in [-0.2, -0.15) is 0 Å². The minimum atomic E-state index is 0.0415. The Hall–Kier alpha value is -0.780. The molecule has 2 aliphatic rings. The molecule has 22 heavy (non-hydrogen) atoms. The summed E-state index contributed by atoms with van der Waals surface area (Å²) in [6.07, 6.45) is 3.41. The van der Waals surface area contributed by atoms with Crippen LogP contribution in [0.4, 0.5) is 0 Å². The van der Waals surface area contributed by atoms with Crippen LogP contribution in [-0.2, 0) is 4.79 Å². The number of ether oxygens (including phenoxy) is 1. The summed E-state index contributed by atoms with van der Waals surface area (Å²) in [5, 5.41) is 3.95. The van der Waals surface area contributed by atoms with Gasteiger partial charge < -0.3 is 15.0 Å². The standard InChI is InChI=1S/C16H20BrClN2O2/c17-12-1-2-14(13(18)9-12)22-10-15(21)20-7-4-16(5-8-20)3-6-19-11-16/h1-2,9,19H,3-8,10-11H2. The highest BCUT2D eigenvalue weighted by Crippen LogP contribution is 2.37. The largest absolute Gasteiger partial charge is 0.482 e. The molecule has 0 aromatic heterocycles. The zero-order valence-electron chi connectivity index (χ0n) is 12.4. The molecule has 2 heterocycles. The number of rotatable bonds is 3. The van der Waals surface area contributed by atoms with E-state index in [9.17, 15) is 4.79 Å². The lowest BCUT2D eigenvalue weighted by molar-refractivity contribution is -0.135. The Morgan fingerprint density at radius 2 is 2.14 bits per heavy atom. The summed E-state index contributed by atoms with van der Waals surface area (Å²) in [6, 6.07) is 5.39. The van der Waals surface area contributed by atoms with Crippen molar-refractivity contribution < 1.29 is 9.53 Å². The van der Waals surface area contributed by atoms with Crippen molar-refractivity contribution in [2.45, 2.75) is 19.3 Å². The van der Waals surface area contributed by atoms with Crippen LogP contribution in [0.2, 0.25) is 5.02 Å². The van der Waals surface area contributed by atoms with Crippen LogP contribution in [0.15, 0.2) is 22.7 Å². The number of amides is 1. The van der Waals surface area contributed by atoms with E-state index in [4.69, 9.17) is 16.3 Å². The van der Waals surface area contributed by atoms with Crippen LogP contribution in [0, 0.1) is 5.41 Å². The van der Waals surface area contributed by atoms with E-state index in [1.807, 2.05) is 11.0 Å². The number of nitrogens with one attached hydrogen (secondary N) is 1. The second-order valence-electron chi connectivity index (χ2n) is 6.17. The molecule has 2 saturated heterocycles. The molecule has 0 unspecified atom stereocenters. The van der Waals surface area contributed by atoms with Gasteiger partial charge in [-0.15, -0.1) is 0 Å². The van der Waals surface area contributed by atoms with Crippen molar-refractivity contribution in [2.24, 2.45) is 5.41 Å². The predicted molar refractivity (Wildman–Crippen MR) is 90.4 cm³/mol. The Kier molecular flexibility index (Phi) is 4.95. The first-order valence-corrected chi connectivity index (χ1v) is 8.81. The first-order chi connectivity index (χ1) is 10.6. The number of halogens is 2. The molecule has 3 rings (SSSR count). The van der Waals surface area contributed by atoms with Gasteiger partial charge in [0.05, 0.1) is 5.02 Å². The van der Waals surface area contributed by atoms with Crippen molar-refractivity contribution in [1.82, 2.24) is 10.2 Å². The SMILES string of the molecule is O=C(COc1ccc(Br)cc1Cl)N1CCC2(CCNC2)CC1. The van der Waals surface area contributed by atoms with Crippen molar-refractivity contribution in [2.75, 3.05) is 32.8 Å². The van der Waals surface area contributed by atoms with Crippen molar-refractivity contribution >= 4 is 33.4 Å². The summed E-state index contributed by atoms with van der Waals surface area (Å²) in [5.74, 6) is 0.589. The van der Waals surface area contributed by atoms with Crippen molar-refractivity contribution in [3.8, 4) is 5.75 Å². The number of piperidine rings is 1. The highest BCUT2D eigenvalue weighted by molar-refractivity contribution is 9.10. The Bertz CT molecular complexity index is 551. The molecule has 1 spiro atoms. The molecule has 0 saturated carbocycles. The number of carbonyl (C=O) groups is 1. The highest BCUT2D eigenvalue weighted by atomic mass is 79.9. The number of carbonyl (C=O) groups excluding carboxylic acids is 1. The van der Waals surface area contributed by atoms with Gasteiger partial charge in [-0.1, -0.05) is 27.5 Å². The van der Waals surface area contributed by atoms with Crippen molar-refractivity contribution in [3.05, 3.63) is 27.7 Å². The molecule has 0 bridgehead atoms. The molecule has 6 heteroatoms. The third-order valence-electron chi connectivity index (χ3n) is 4.75. The first kappa shape index (κ1) is 16.1. The lowest BCUT2D eigenvalue weighted by atomic mass is 9.78. The maximum absolute atomic E-state index is 12.3. The van der Waals surface area contributed by atoms with Gasteiger partial charge >= 0.3 is 0 Å². The average Bonchev–Trinajstić information content (AvgIpc) is 2.95. The Balaban J connectivity index is 1.50. The molecule has 1 N–H and O–H groups in total. The molecule has 1 aromatic rings. The van der Waals surface area contributed by atoms with Gasteiger partial charge in [0, 0.05) is 24.1 Å². The Morgan fingerprint density at radius 3 is 2.77 bits per heavy atom. The predicted octanol–water partition coefficient (Wildman–Crippen LogP) is 3.08. The maximum Gasteiger partial charge on any atom is 0.260 e. The number of likely N-dealkylation sites (tertiary alicyclic amines) is 1. The van der Waals surface area contributed by atoms with Crippen molar-refractivity contribution in [3.63, 3.8) is 0 Å². The van der Waals surface area contributed by atoms with Crippen LogP contribution >= 0.6 is 27.5 Å². The summed E-state index contributed by atoms with van der Waals surface area (Å²) in [6.45, 7) is 3.92. The molecule has 0 aliphatic carbocycles. The van der Waals surface area contributed by atoms with Crippen LogP contribution in [0.1, 0.15) is 19.3 Å². The molecule has 2 aliphatic heterocycles. The summed E-state index contributed by atoms with van der Waals surface area (Å²) in [7, 11) is 0. The van der Waals surface area contributed by atoms with Gasteiger partial charge in [0.25, 0.3) is 5.91 Å². The quantitative estimate of drug-likeness (QED) is 0.866. The number of benzene rings is 1. The van der Waals surface area contributed by atoms with E-state index in [1.165, 1.54) is 6.42 Å². The van der Waals surface area contributed by atoms with E-state index in [1.54, 1.807) is 12.1 Å². The van der Waals surface area contributed by atoms with Gasteiger partial charge in [-0.05, 0) is 49.4 Å². The van der Waals surface area contributed by atoms with Gasteiger partial charge in [-0.3, -0.25) is 4.79 Å². The van der Waals surface area contributed by atoms with E-state index >= 15 is 0 Å². The summed E-state index contributed by atoms with van der Waals surface area (Å²) in [4.78, 5) is 14.2. The van der Waals surface area contributed by atoms with Gasteiger partial charge in [-0.25, -0.2) is 0 Å². The van der Waals surface area contributed by atoms with E-state index in [0.29, 0.717) is 16.2 Å². The molecule has 0 atom stereocenters. The average molecular weight is 388 g/mol. The molecule has 2 fully saturated rings. The minimum Gasteiger partial charge on any atom is -0.482 e. The van der Waals surface area contributed by atoms with E-state index in [2.05, 4.69) is 21.2 Å². The van der Waals surface area contributed by atoms with Gasteiger partial charge in [0.1, 0.15) is 5.75 Å². The van der Waals surface area contributed by atoms with Crippen LogP contribution in [0.5, 0.6) is 5.75 Å². The van der Waals surface area contributed by atoms with Crippen LogP contribution in [-0.4, -0.2) is 43.6 Å². The Morgan fingerprint density at radius 1 is 1.36 bits per heavy atom. The fourth-order valence-electron chi connectivity index (χ4n) is 3.28. The third-order valence-corrected chi connectivity index (χ3v) is 5.54. The lowest BCUT2D eigenvalue weighted by Crippen LogP contribution is -2.45. The smallest absolute Gasteiger partial charge is 0.260 e. The van der Waals surface area contributed by atoms with Crippen LogP contribution in [0.3, 0.4) is 0 Å². The molecule has 0 radical (unpaired) electrons. The van der Waals surface area contributed by atoms with Gasteiger partial charge in [0.15, 0.2) is 6.61 Å². The maximum atomic E-state index is 12.3. The summed E-state index contributed by atoms with van der Waals surface area (Å²) in [5.41, 5.74) is 0.423. The monoisotopic (exact) mass is 386 g/mol. The minimum absolute atomic E-state index is 0.0415. The fourth-order valence-corrected chi connectivity index (χ4v) is 4.00. The van der Waals surface area contributed by atoms with E-state index in [0.717, 1.165) is 43.5 Å². The lowest BCUT2D eigenvalue weighted by Gasteiger charge is -2.38. The van der Waals surface area contributed by atoms with E-state index < -0.39 is 0 Å². The second-order valence-corrected chi connectivity index (χ2v) is 7.49. The normalized spacial score (nSPS) is 20.4. The van der Waals surface area contributed by atoms with Crippen molar-refractivity contribution in [1.29, 1.82) is 0 Å². The van der Waals surface area contributed by atoms with E-state index in [-0.39, 0.29) is 12.5 Å². The molecular formula is C16H20BrClN2O2. The topological polar surface area (TPSA) is 41.6 Å². The third kappa shape index (κ3) is 3.58. The number of hydrogen-bond acceptors (Lipinski definition) is 3. The Labute approximate surface area is 144 Å².